The highest BCUT2D eigenvalue weighted by Crippen LogP contribution is 2.31. The zero-order valence-corrected chi connectivity index (χ0v) is 15.3. The average molecular weight is 380 g/mol. The first kappa shape index (κ1) is 18.0. The summed E-state index contributed by atoms with van der Waals surface area (Å²) in [5.41, 5.74) is 8.65. The summed E-state index contributed by atoms with van der Waals surface area (Å²) in [7, 11) is 0. The van der Waals surface area contributed by atoms with E-state index in [2.05, 4.69) is 15.3 Å². The van der Waals surface area contributed by atoms with Crippen LogP contribution in [0.15, 0.2) is 64.2 Å². The Bertz CT molecular complexity index is 969. The molecule has 0 saturated heterocycles. The molecule has 1 aliphatic heterocycles. The summed E-state index contributed by atoms with van der Waals surface area (Å²) in [6.45, 7) is 1.13. The number of nitrogens with one attached hydrogen (secondary N) is 1. The zero-order valence-electron chi connectivity index (χ0n) is 15.3. The Hall–Kier alpha value is -3.35. The first-order valence-corrected chi connectivity index (χ1v) is 9.17. The average Bonchev–Trinajstić information content (AvgIpc) is 3.18. The molecule has 3 aromatic rings. The predicted molar refractivity (Wildman–Crippen MR) is 105 cm³/mol. The summed E-state index contributed by atoms with van der Waals surface area (Å²) in [6, 6.07) is 14.1. The van der Waals surface area contributed by atoms with Crippen molar-refractivity contribution in [2.45, 2.75) is 18.9 Å². The number of nitrogens with two attached hydrogens (primary N) is 1. The van der Waals surface area contributed by atoms with Gasteiger partial charge in [-0.05, 0) is 30.3 Å². The molecule has 0 radical (unpaired) electrons. The molecule has 0 aliphatic carbocycles. The number of fused-ring (bicyclic) bond motifs is 1. The summed E-state index contributed by atoms with van der Waals surface area (Å²) in [5.74, 6) is 1.45. The van der Waals surface area contributed by atoms with Crippen molar-refractivity contribution >= 4 is 5.96 Å². The van der Waals surface area contributed by atoms with E-state index in [1.807, 2.05) is 24.3 Å². The van der Waals surface area contributed by atoms with Gasteiger partial charge in [0.25, 0.3) is 0 Å². The Labute approximate surface area is 162 Å². The summed E-state index contributed by atoms with van der Waals surface area (Å²) in [5, 5.41) is 3.27. The van der Waals surface area contributed by atoms with Gasteiger partial charge in [0.2, 0.25) is 5.89 Å². The molecule has 6 nitrogen and oxygen atoms in total. The normalized spacial score (nSPS) is 16.3. The molecule has 28 heavy (non-hydrogen) atoms. The number of oxazole rings is 1. The fourth-order valence-electron chi connectivity index (χ4n) is 3.15. The SMILES string of the molecule is NC(=NCCc1coc(-c2ccc(F)cc2)n1)NC1CCOc2ccccc21. The zero-order chi connectivity index (χ0) is 19.3. The number of rotatable bonds is 5. The smallest absolute Gasteiger partial charge is 0.226 e. The minimum absolute atomic E-state index is 0.0887. The molecule has 0 bridgehead atoms. The molecular formula is C21H21FN4O2. The summed E-state index contributed by atoms with van der Waals surface area (Å²) in [6.07, 6.45) is 3.02. The number of para-hydroxylation sites is 1. The number of halogens is 1. The van der Waals surface area contributed by atoms with Gasteiger partial charge in [-0.1, -0.05) is 18.2 Å². The van der Waals surface area contributed by atoms with E-state index < -0.39 is 0 Å². The first-order chi connectivity index (χ1) is 13.7. The van der Waals surface area contributed by atoms with Crippen molar-refractivity contribution in [1.82, 2.24) is 10.3 Å². The third-order valence-electron chi connectivity index (χ3n) is 4.57. The second-order valence-electron chi connectivity index (χ2n) is 6.54. The van der Waals surface area contributed by atoms with E-state index in [0.29, 0.717) is 31.4 Å². The molecule has 0 saturated carbocycles. The number of hydrogen-bond acceptors (Lipinski definition) is 4. The minimum Gasteiger partial charge on any atom is -0.493 e. The molecule has 1 atom stereocenters. The van der Waals surface area contributed by atoms with E-state index in [1.54, 1.807) is 18.4 Å². The molecule has 0 spiro atoms. The molecular weight excluding hydrogens is 359 g/mol. The second kappa shape index (κ2) is 8.12. The van der Waals surface area contributed by atoms with E-state index in [0.717, 1.165) is 29.0 Å². The van der Waals surface area contributed by atoms with Crippen molar-refractivity contribution in [2.24, 2.45) is 10.7 Å². The lowest BCUT2D eigenvalue weighted by Gasteiger charge is -2.26. The van der Waals surface area contributed by atoms with Gasteiger partial charge >= 0.3 is 0 Å². The number of ether oxygens (including phenoxy) is 1. The van der Waals surface area contributed by atoms with Crippen molar-refractivity contribution < 1.29 is 13.5 Å². The van der Waals surface area contributed by atoms with E-state index in [1.165, 1.54) is 12.1 Å². The van der Waals surface area contributed by atoms with Crippen LogP contribution in [-0.2, 0) is 6.42 Å². The van der Waals surface area contributed by atoms with Crippen LogP contribution in [0.2, 0.25) is 0 Å². The van der Waals surface area contributed by atoms with Gasteiger partial charge in [-0.2, -0.15) is 0 Å². The lowest BCUT2D eigenvalue weighted by molar-refractivity contribution is 0.262. The number of hydrogen-bond donors (Lipinski definition) is 2. The Morgan fingerprint density at radius 1 is 1.21 bits per heavy atom. The van der Waals surface area contributed by atoms with Crippen LogP contribution in [0.5, 0.6) is 5.75 Å². The second-order valence-corrected chi connectivity index (χ2v) is 6.54. The van der Waals surface area contributed by atoms with Crippen molar-refractivity contribution in [2.75, 3.05) is 13.2 Å². The fourth-order valence-corrected chi connectivity index (χ4v) is 3.15. The molecule has 3 N–H and O–H groups in total. The van der Waals surface area contributed by atoms with Gasteiger partial charge in [-0.15, -0.1) is 0 Å². The number of nitrogens with zero attached hydrogens (tertiary/aromatic N) is 2. The molecule has 2 heterocycles. The summed E-state index contributed by atoms with van der Waals surface area (Å²) < 4.78 is 24.1. The van der Waals surface area contributed by atoms with Crippen LogP contribution in [0.4, 0.5) is 4.39 Å². The molecule has 1 aromatic heterocycles. The van der Waals surface area contributed by atoms with Crippen LogP contribution < -0.4 is 15.8 Å². The predicted octanol–water partition coefficient (Wildman–Crippen LogP) is 3.45. The fraction of sp³-hybridized carbons (Fsp3) is 0.238. The molecule has 144 valence electrons. The topological polar surface area (TPSA) is 85.7 Å². The van der Waals surface area contributed by atoms with Crippen LogP contribution in [0, 0.1) is 5.82 Å². The highest BCUT2D eigenvalue weighted by molar-refractivity contribution is 5.78. The Balaban J connectivity index is 1.33. The monoisotopic (exact) mass is 380 g/mol. The van der Waals surface area contributed by atoms with E-state index in [9.17, 15) is 4.39 Å². The van der Waals surface area contributed by atoms with Gasteiger partial charge in [0.1, 0.15) is 17.8 Å². The van der Waals surface area contributed by atoms with Gasteiger partial charge in [0.15, 0.2) is 5.96 Å². The molecule has 1 aliphatic rings. The van der Waals surface area contributed by atoms with Crippen molar-refractivity contribution in [1.29, 1.82) is 0 Å². The van der Waals surface area contributed by atoms with Gasteiger partial charge in [0.05, 0.1) is 18.3 Å². The molecule has 0 fully saturated rings. The number of aromatic nitrogens is 1. The first-order valence-electron chi connectivity index (χ1n) is 9.17. The third kappa shape index (κ3) is 4.14. The summed E-state index contributed by atoms with van der Waals surface area (Å²) in [4.78, 5) is 8.81. The van der Waals surface area contributed by atoms with Crippen molar-refractivity contribution in [3.8, 4) is 17.2 Å². The third-order valence-corrected chi connectivity index (χ3v) is 4.57. The Morgan fingerprint density at radius 3 is 2.89 bits per heavy atom. The van der Waals surface area contributed by atoms with Crippen LogP contribution >= 0.6 is 0 Å². The molecule has 1 unspecified atom stereocenters. The maximum absolute atomic E-state index is 13.0. The van der Waals surface area contributed by atoms with E-state index in [-0.39, 0.29) is 11.9 Å². The van der Waals surface area contributed by atoms with E-state index in [4.69, 9.17) is 14.9 Å². The van der Waals surface area contributed by atoms with Crippen molar-refractivity contribution in [3.05, 3.63) is 71.9 Å². The molecule has 4 rings (SSSR count). The van der Waals surface area contributed by atoms with Crippen LogP contribution in [0.1, 0.15) is 23.7 Å². The maximum Gasteiger partial charge on any atom is 0.226 e. The van der Waals surface area contributed by atoms with Gasteiger partial charge in [0, 0.05) is 30.5 Å². The minimum atomic E-state index is -0.292. The quantitative estimate of drug-likeness (QED) is 0.523. The van der Waals surface area contributed by atoms with Gasteiger partial charge in [-0.3, -0.25) is 4.99 Å². The molecule has 2 aromatic carbocycles. The lowest BCUT2D eigenvalue weighted by Crippen LogP contribution is -2.37. The largest absolute Gasteiger partial charge is 0.493 e. The van der Waals surface area contributed by atoms with Gasteiger partial charge in [-0.25, -0.2) is 9.37 Å². The van der Waals surface area contributed by atoms with Crippen LogP contribution in [-0.4, -0.2) is 24.1 Å². The van der Waals surface area contributed by atoms with Crippen LogP contribution in [0.25, 0.3) is 11.5 Å². The number of benzene rings is 2. The standard InChI is InChI=1S/C21H21FN4O2/c22-15-7-5-14(6-8-15)20-25-16(13-28-20)9-11-24-21(23)26-18-10-12-27-19-4-2-1-3-17(18)19/h1-8,13,18H,9-12H2,(H3,23,24,26). The highest BCUT2D eigenvalue weighted by Gasteiger charge is 2.21. The lowest BCUT2D eigenvalue weighted by atomic mass is 10.0. The number of aliphatic imine (C=N–C) groups is 1. The maximum atomic E-state index is 13.0. The Morgan fingerprint density at radius 2 is 2.04 bits per heavy atom. The van der Waals surface area contributed by atoms with Crippen molar-refractivity contribution in [3.63, 3.8) is 0 Å². The highest BCUT2D eigenvalue weighted by atomic mass is 19.1. The summed E-state index contributed by atoms with van der Waals surface area (Å²) >= 11 is 0. The van der Waals surface area contributed by atoms with E-state index >= 15 is 0 Å². The molecule has 0 amide bonds. The Kier molecular flexibility index (Phi) is 5.23. The number of guanidine groups is 1. The van der Waals surface area contributed by atoms with Crippen LogP contribution in [0.3, 0.4) is 0 Å². The molecule has 7 heteroatoms. The van der Waals surface area contributed by atoms with Gasteiger partial charge < -0.3 is 20.2 Å².